The summed E-state index contributed by atoms with van der Waals surface area (Å²) < 4.78 is 46.3. The van der Waals surface area contributed by atoms with Crippen molar-refractivity contribution < 1.29 is 22.7 Å². The van der Waals surface area contributed by atoms with E-state index in [2.05, 4.69) is 30.8 Å². The molecular formula is C15H12F3N7O2S. The van der Waals surface area contributed by atoms with Crippen LogP contribution in [0, 0.1) is 0 Å². The minimum absolute atomic E-state index is 0.130. The van der Waals surface area contributed by atoms with E-state index in [1.165, 1.54) is 19.2 Å². The normalized spacial score (nSPS) is 14.1. The number of carbonyl (C=O) groups is 1. The minimum atomic E-state index is -4.86. The van der Waals surface area contributed by atoms with E-state index in [9.17, 15) is 18.0 Å². The zero-order valence-electron chi connectivity index (χ0n) is 14.3. The van der Waals surface area contributed by atoms with Gasteiger partial charge in [-0.3, -0.25) is 10.1 Å². The molecule has 9 nitrogen and oxygen atoms in total. The summed E-state index contributed by atoms with van der Waals surface area (Å²) in [6, 6.07) is 2.59. The highest BCUT2D eigenvalue weighted by molar-refractivity contribution is 7.15. The standard InChI is InChI=1S/C15H12F3N7O2S/c1-27-10-5-4-9(21-22-10)25-11(15(16,17)18)8(6-19-25)12(26)20-14-24-23-13(28-14)7-2-3-7/h4-7H,2-3H2,1H3,(H,20,24,26). The van der Waals surface area contributed by atoms with Gasteiger partial charge in [0, 0.05) is 12.0 Å². The number of ether oxygens (including phenoxy) is 1. The van der Waals surface area contributed by atoms with Crippen LogP contribution in [0.5, 0.6) is 5.88 Å². The maximum absolute atomic E-state index is 13.7. The van der Waals surface area contributed by atoms with Crippen LogP contribution in [0.1, 0.15) is 39.8 Å². The third-order valence-corrected chi connectivity index (χ3v) is 4.92. The summed E-state index contributed by atoms with van der Waals surface area (Å²) in [6.45, 7) is 0. The highest BCUT2D eigenvalue weighted by Gasteiger charge is 2.41. The van der Waals surface area contributed by atoms with Gasteiger partial charge in [-0.05, 0) is 18.9 Å². The first-order chi connectivity index (χ1) is 13.4. The molecule has 3 heterocycles. The molecule has 1 N–H and O–H groups in total. The van der Waals surface area contributed by atoms with E-state index in [0.717, 1.165) is 35.4 Å². The largest absolute Gasteiger partial charge is 0.480 e. The zero-order chi connectivity index (χ0) is 19.9. The monoisotopic (exact) mass is 411 g/mol. The van der Waals surface area contributed by atoms with Crippen LogP contribution in [0.2, 0.25) is 0 Å². The van der Waals surface area contributed by atoms with Gasteiger partial charge in [-0.25, -0.2) is 4.68 Å². The van der Waals surface area contributed by atoms with Crippen LogP contribution in [0.15, 0.2) is 18.3 Å². The summed E-state index contributed by atoms with van der Waals surface area (Å²) in [6.07, 6.45) is -2.04. The number of amides is 1. The molecular weight excluding hydrogens is 399 g/mol. The fraction of sp³-hybridized carbons (Fsp3) is 0.333. The van der Waals surface area contributed by atoms with Crippen LogP contribution in [0.25, 0.3) is 5.82 Å². The molecule has 3 aromatic heterocycles. The minimum Gasteiger partial charge on any atom is -0.480 e. The van der Waals surface area contributed by atoms with Crippen molar-refractivity contribution >= 4 is 22.4 Å². The van der Waals surface area contributed by atoms with Gasteiger partial charge in [0.2, 0.25) is 11.0 Å². The van der Waals surface area contributed by atoms with Gasteiger partial charge in [-0.1, -0.05) is 11.3 Å². The molecule has 1 amide bonds. The van der Waals surface area contributed by atoms with Crippen molar-refractivity contribution in [3.63, 3.8) is 0 Å². The number of nitrogens with one attached hydrogen (secondary N) is 1. The van der Waals surface area contributed by atoms with Gasteiger partial charge >= 0.3 is 6.18 Å². The Hall–Kier alpha value is -3.09. The maximum atomic E-state index is 13.7. The third kappa shape index (κ3) is 3.52. The Labute approximate surface area is 159 Å². The second-order valence-corrected chi connectivity index (χ2v) is 6.93. The Kier molecular flexibility index (Phi) is 4.45. The molecule has 0 aliphatic heterocycles. The molecule has 28 heavy (non-hydrogen) atoms. The van der Waals surface area contributed by atoms with E-state index in [4.69, 9.17) is 4.74 Å². The first-order valence-electron chi connectivity index (χ1n) is 8.05. The summed E-state index contributed by atoms with van der Waals surface area (Å²) in [5.74, 6) is -0.742. The van der Waals surface area contributed by atoms with Crippen molar-refractivity contribution in [1.29, 1.82) is 0 Å². The lowest BCUT2D eigenvalue weighted by atomic mass is 10.2. The molecule has 0 spiro atoms. The summed E-state index contributed by atoms with van der Waals surface area (Å²) in [5, 5.41) is 22.0. The van der Waals surface area contributed by atoms with Crippen LogP contribution in [0.4, 0.5) is 18.3 Å². The number of rotatable bonds is 5. The number of hydrogen-bond donors (Lipinski definition) is 1. The van der Waals surface area contributed by atoms with Crippen molar-refractivity contribution in [2.75, 3.05) is 12.4 Å². The number of halogens is 3. The Morgan fingerprint density at radius 1 is 1.25 bits per heavy atom. The molecule has 1 fully saturated rings. The summed E-state index contributed by atoms with van der Waals surface area (Å²) in [5.41, 5.74) is -1.93. The maximum Gasteiger partial charge on any atom is 0.434 e. The predicted molar refractivity (Wildman–Crippen MR) is 90.5 cm³/mol. The molecule has 3 aromatic rings. The molecule has 0 bridgehead atoms. The SMILES string of the molecule is COc1ccc(-n2ncc(C(=O)Nc3nnc(C4CC4)s3)c2C(F)(F)F)nn1. The molecule has 1 aliphatic rings. The highest BCUT2D eigenvalue weighted by Crippen LogP contribution is 2.42. The topological polar surface area (TPSA) is 108 Å². The van der Waals surface area contributed by atoms with Gasteiger partial charge in [-0.15, -0.1) is 20.4 Å². The molecule has 146 valence electrons. The number of hydrogen-bond acceptors (Lipinski definition) is 8. The van der Waals surface area contributed by atoms with E-state index in [0.29, 0.717) is 10.6 Å². The van der Waals surface area contributed by atoms with Gasteiger partial charge in [0.15, 0.2) is 11.5 Å². The highest BCUT2D eigenvalue weighted by atomic mass is 32.1. The van der Waals surface area contributed by atoms with Crippen LogP contribution in [0.3, 0.4) is 0 Å². The smallest absolute Gasteiger partial charge is 0.434 e. The second-order valence-electron chi connectivity index (χ2n) is 5.92. The zero-order valence-corrected chi connectivity index (χ0v) is 15.1. The summed E-state index contributed by atoms with van der Waals surface area (Å²) >= 11 is 1.15. The van der Waals surface area contributed by atoms with Crippen LogP contribution in [-0.2, 0) is 6.18 Å². The van der Waals surface area contributed by atoms with Crippen LogP contribution in [-0.4, -0.2) is 43.2 Å². The Morgan fingerprint density at radius 3 is 2.64 bits per heavy atom. The molecule has 4 rings (SSSR count). The number of aromatic nitrogens is 6. The molecule has 1 aliphatic carbocycles. The van der Waals surface area contributed by atoms with Gasteiger partial charge < -0.3 is 4.74 Å². The summed E-state index contributed by atoms with van der Waals surface area (Å²) in [4.78, 5) is 12.4. The Balaban J connectivity index is 1.65. The van der Waals surface area contributed by atoms with Crippen molar-refractivity contribution in [2.24, 2.45) is 0 Å². The number of methoxy groups -OCH3 is 1. The lowest BCUT2D eigenvalue weighted by Crippen LogP contribution is -2.21. The average molecular weight is 411 g/mol. The summed E-state index contributed by atoms with van der Waals surface area (Å²) in [7, 11) is 1.35. The van der Waals surface area contributed by atoms with Crippen LogP contribution >= 0.6 is 11.3 Å². The number of carbonyl (C=O) groups excluding carboxylic acids is 1. The number of anilines is 1. The van der Waals surface area contributed by atoms with Crippen molar-refractivity contribution in [2.45, 2.75) is 24.9 Å². The van der Waals surface area contributed by atoms with Gasteiger partial charge in [0.05, 0.1) is 18.9 Å². The first-order valence-corrected chi connectivity index (χ1v) is 8.86. The quantitative estimate of drug-likeness (QED) is 0.688. The van der Waals surface area contributed by atoms with E-state index >= 15 is 0 Å². The Morgan fingerprint density at radius 2 is 2.04 bits per heavy atom. The first kappa shape index (κ1) is 18.3. The van der Waals surface area contributed by atoms with E-state index in [-0.39, 0.29) is 16.8 Å². The second kappa shape index (κ2) is 6.82. The number of alkyl halides is 3. The van der Waals surface area contributed by atoms with Crippen molar-refractivity contribution in [3.05, 3.63) is 34.6 Å². The molecule has 0 atom stereocenters. The molecule has 0 aromatic carbocycles. The molecule has 1 saturated carbocycles. The molecule has 0 radical (unpaired) electrons. The number of nitrogens with zero attached hydrogens (tertiary/aromatic N) is 6. The van der Waals surface area contributed by atoms with Gasteiger partial charge in [0.25, 0.3) is 5.91 Å². The van der Waals surface area contributed by atoms with Crippen LogP contribution < -0.4 is 10.1 Å². The molecule has 0 unspecified atom stereocenters. The molecule has 0 saturated heterocycles. The predicted octanol–water partition coefficient (Wildman–Crippen LogP) is 2.67. The van der Waals surface area contributed by atoms with Crippen molar-refractivity contribution in [1.82, 2.24) is 30.2 Å². The lowest BCUT2D eigenvalue weighted by molar-refractivity contribution is -0.143. The lowest BCUT2D eigenvalue weighted by Gasteiger charge is -2.11. The molecule has 13 heteroatoms. The van der Waals surface area contributed by atoms with Gasteiger partial charge in [0.1, 0.15) is 5.01 Å². The fourth-order valence-electron chi connectivity index (χ4n) is 2.44. The van der Waals surface area contributed by atoms with E-state index in [1.54, 1.807) is 0 Å². The fourth-order valence-corrected chi connectivity index (χ4v) is 3.35. The van der Waals surface area contributed by atoms with E-state index in [1.807, 2.05) is 0 Å². The van der Waals surface area contributed by atoms with Crippen molar-refractivity contribution in [3.8, 4) is 11.7 Å². The average Bonchev–Trinajstić information content (AvgIpc) is 3.23. The van der Waals surface area contributed by atoms with Gasteiger partial charge in [-0.2, -0.15) is 18.3 Å². The van der Waals surface area contributed by atoms with E-state index < -0.39 is 23.3 Å². The Bertz CT molecular complexity index is 1010. The third-order valence-electron chi connectivity index (χ3n) is 3.92.